The van der Waals surface area contributed by atoms with Crippen LogP contribution in [-0.4, -0.2) is 34.0 Å². The molecule has 0 aromatic carbocycles. The fourth-order valence-corrected chi connectivity index (χ4v) is 1.07. The standard InChI is InChI=1S/C6H9N5O2/c1-2-3-10-6(11(12)13)9(4-7)5-8-10/h5-6H,2-3H2,1H3. The second-order valence-corrected chi connectivity index (χ2v) is 2.53. The summed E-state index contributed by atoms with van der Waals surface area (Å²) in [6, 6.07) is 0. The van der Waals surface area contributed by atoms with Crippen molar-refractivity contribution >= 4 is 6.34 Å². The van der Waals surface area contributed by atoms with Crippen molar-refractivity contribution in [2.45, 2.75) is 19.6 Å². The smallest absolute Gasteiger partial charge is 0.261 e. The Bertz CT molecular complexity index is 271. The third-order valence-electron chi connectivity index (χ3n) is 1.60. The van der Waals surface area contributed by atoms with E-state index in [2.05, 4.69) is 5.10 Å². The summed E-state index contributed by atoms with van der Waals surface area (Å²) in [5.41, 5.74) is 0. The van der Waals surface area contributed by atoms with Gasteiger partial charge in [-0.25, -0.2) is 5.01 Å². The van der Waals surface area contributed by atoms with Crippen molar-refractivity contribution in [3.8, 4) is 6.19 Å². The second-order valence-electron chi connectivity index (χ2n) is 2.53. The van der Waals surface area contributed by atoms with Crippen molar-refractivity contribution < 1.29 is 4.92 Å². The van der Waals surface area contributed by atoms with Gasteiger partial charge in [0.05, 0.1) is 4.92 Å². The summed E-state index contributed by atoms with van der Waals surface area (Å²) < 4.78 is 0. The number of hydrazone groups is 1. The molecular formula is C6H9N5O2. The maximum Gasteiger partial charge on any atom is 0.396 e. The molecule has 0 radical (unpaired) electrons. The van der Waals surface area contributed by atoms with E-state index in [1.54, 1.807) is 6.19 Å². The molecule has 13 heavy (non-hydrogen) atoms. The van der Waals surface area contributed by atoms with Gasteiger partial charge in [0.25, 0.3) is 0 Å². The van der Waals surface area contributed by atoms with Gasteiger partial charge in [-0.2, -0.15) is 15.3 Å². The molecule has 1 heterocycles. The van der Waals surface area contributed by atoms with E-state index in [1.807, 2.05) is 6.92 Å². The summed E-state index contributed by atoms with van der Waals surface area (Å²) >= 11 is 0. The summed E-state index contributed by atoms with van der Waals surface area (Å²) in [4.78, 5) is 10.9. The van der Waals surface area contributed by atoms with Gasteiger partial charge in [0, 0.05) is 6.54 Å². The number of hydrogen-bond donors (Lipinski definition) is 0. The van der Waals surface area contributed by atoms with Crippen molar-refractivity contribution in [1.29, 1.82) is 5.26 Å². The fraction of sp³-hybridized carbons (Fsp3) is 0.667. The summed E-state index contributed by atoms with van der Waals surface area (Å²) in [6.07, 6.45) is 2.44. The zero-order valence-electron chi connectivity index (χ0n) is 7.12. The maximum absolute atomic E-state index is 10.5. The first kappa shape index (κ1) is 9.25. The zero-order chi connectivity index (χ0) is 9.84. The molecule has 1 atom stereocenters. The molecule has 1 aliphatic heterocycles. The number of nitriles is 1. The molecule has 0 aromatic rings. The van der Waals surface area contributed by atoms with Crippen LogP contribution in [0.4, 0.5) is 0 Å². The van der Waals surface area contributed by atoms with Gasteiger partial charge in [0.1, 0.15) is 6.34 Å². The summed E-state index contributed by atoms with van der Waals surface area (Å²) in [5, 5.41) is 24.1. The Morgan fingerprint density at radius 3 is 3.00 bits per heavy atom. The van der Waals surface area contributed by atoms with Gasteiger partial charge >= 0.3 is 6.29 Å². The van der Waals surface area contributed by atoms with Crippen molar-refractivity contribution in [2.75, 3.05) is 6.54 Å². The highest BCUT2D eigenvalue weighted by Gasteiger charge is 2.37. The first-order valence-electron chi connectivity index (χ1n) is 3.83. The van der Waals surface area contributed by atoms with Gasteiger partial charge < -0.3 is 0 Å². The Balaban J connectivity index is 2.73. The number of nitro groups is 1. The monoisotopic (exact) mass is 183 g/mol. The average Bonchev–Trinajstić information content (AvgIpc) is 2.48. The molecule has 1 unspecified atom stereocenters. The summed E-state index contributed by atoms with van der Waals surface area (Å²) in [7, 11) is 0. The lowest BCUT2D eigenvalue weighted by atomic mass is 10.5. The first-order chi connectivity index (χ1) is 6.20. The van der Waals surface area contributed by atoms with E-state index in [0.717, 1.165) is 11.3 Å². The van der Waals surface area contributed by atoms with Crippen molar-refractivity contribution in [2.24, 2.45) is 5.10 Å². The third kappa shape index (κ3) is 1.66. The molecule has 0 amide bonds. The van der Waals surface area contributed by atoms with E-state index in [0.29, 0.717) is 6.54 Å². The third-order valence-corrected chi connectivity index (χ3v) is 1.60. The van der Waals surface area contributed by atoms with E-state index in [9.17, 15) is 10.1 Å². The summed E-state index contributed by atoms with van der Waals surface area (Å²) in [5.74, 6) is 0. The molecule has 0 N–H and O–H groups in total. The minimum Gasteiger partial charge on any atom is -0.261 e. The summed E-state index contributed by atoms with van der Waals surface area (Å²) in [6.45, 7) is 2.36. The number of rotatable bonds is 3. The molecule has 0 aliphatic carbocycles. The molecule has 0 saturated heterocycles. The van der Waals surface area contributed by atoms with Gasteiger partial charge in [-0.3, -0.25) is 10.1 Å². The normalized spacial score (nSPS) is 20.5. The van der Waals surface area contributed by atoms with Crippen LogP contribution in [0.3, 0.4) is 0 Å². The Kier molecular flexibility index (Phi) is 2.64. The van der Waals surface area contributed by atoms with E-state index >= 15 is 0 Å². The highest BCUT2D eigenvalue weighted by Crippen LogP contribution is 2.11. The number of hydrogen-bond acceptors (Lipinski definition) is 6. The van der Waals surface area contributed by atoms with Crippen LogP contribution in [0, 0.1) is 21.6 Å². The van der Waals surface area contributed by atoms with Crippen molar-refractivity contribution in [1.82, 2.24) is 9.91 Å². The minimum absolute atomic E-state index is 0.473. The zero-order valence-corrected chi connectivity index (χ0v) is 7.12. The molecule has 70 valence electrons. The molecule has 0 bridgehead atoms. The van der Waals surface area contributed by atoms with Crippen molar-refractivity contribution in [3.63, 3.8) is 0 Å². The van der Waals surface area contributed by atoms with Gasteiger partial charge in [0.2, 0.25) is 0 Å². The van der Waals surface area contributed by atoms with Gasteiger partial charge in [-0.15, -0.1) is 0 Å². The average molecular weight is 183 g/mol. The Morgan fingerprint density at radius 2 is 2.54 bits per heavy atom. The largest absolute Gasteiger partial charge is 0.396 e. The molecular weight excluding hydrogens is 174 g/mol. The van der Waals surface area contributed by atoms with E-state index in [4.69, 9.17) is 5.26 Å². The molecule has 0 fully saturated rings. The first-order valence-corrected chi connectivity index (χ1v) is 3.83. The van der Waals surface area contributed by atoms with Crippen molar-refractivity contribution in [3.05, 3.63) is 10.1 Å². The lowest BCUT2D eigenvalue weighted by Crippen LogP contribution is -2.43. The highest BCUT2D eigenvalue weighted by molar-refractivity contribution is 5.58. The quantitative estimate of drug-likeness (QED) is 0.349. The van der Waals surface area contributed by atoms with Crippen LogP contribution in [0.25, 0.3) is 0 Å². The second kappa shape index (κ2) is 3.71. The Labute approximate surface area is 75.0 Å². The van der Waals surface area contributed by atoms with Crippen LogP contribution >= 0.6 is 0 Å². The minimum atomic E-state index is -1.16. The van der Waals surface area contributed by atoms with Gasteiger partial charge in [0.15, 0.2) is 6.19 Å². The van der Waals surface area contributed by atoms with Gasteiger partial charge in [-0.05, 0) is 6.42 Å². The van der Waals surface area contributed by atoms with E-state index < -0.39 is 11.2 Å². The predicted molar refractivity (Wildman–Crippen MR) is 43.7 cm³/mol. The topological polar surface area (TPSA) is 85.8 Å². The van der Waals surface area contributed by atoms with Crippen LogP contribution in [0.1, 0.15) is 13.3 Å². The Morgan fingerprint density at radius 1 is 1.85 bits per heavy atom. The van der Waals surface area contributed by atoms with E-state index in [-0.39, 0.29) is 0 Å². The molecule has 0 spiro atoms. The van der Waals surface area contributed by atoms with Gasteiger partial charge in [-0.1, -0.05) is 6.92 Å². The molecule has 1 aliphatic rings. The van der Waals surface area contributed by atoms with Crippen LogP contribution in [0.2, 0.25) is 0 Å². The lowest BCUT2D eigenvalue weighted by Gasteiger charge is -2.17. The number of nitrogens with zero attached hydrogens (tertiary/aromatic N) is 5. The lowest BCUT2D eigenvalue weighted by molar-refractivity contribution is -0.567. The fourth-order valence-electron chi connectivity index (χ4n) is 1.07. The molecule has 1 rings (SSSR count). The Hall–Kier alpha value is -1.84. The van der Waals surface area contributed by atoms with Crippen LogP contribution < -0.4 is 0 Å². The van der Waals surface area contributed by atoms with Crippen LogP contribution in [-0.2, 0) is 0 Å². The highest BCUT2D eigenvalue weighted by atomic mass is 16.6. The predicted octanol–water partition coefficient (Wildman–Crippen LogP) is -0.00132. The SMILES string of the molecule is CCCN1N=CN(C#N)C1[N+](=O)[O-]. The molecule has 0 saturated carbocycles. The molecule has 7 heteroatoms. The maximum atomic E-state index is 10.5. The van der Waals surface area contributed by atoms with Crippen LogP contribution in [0.15, 0.2) is 5.10 Å². The molecule has 7 nitrogen and oxygen atoms in total. The van der Waals surface area contributed by atoms with E-state index in [1.165, 1.54) is 11.3 Å². The molecule has 0 aromatic heterocycles. The van der Waals surface area contributed by atoms with Crippen LogP contribution in [0.5, 0.6) is 0 Å².